The van der Waals surface area contributed by atoms with Gasteiger partial charge in [0.15, 0.2) is 0 Å². The molecule has 0 aromatic heterocycles. The molecule has 0 bridgehead atoms. The number of benzene rings is 1. The Hall–Kier alpha value is -2.34. The second-order valence-corrected chi connectivity index (χ2v) is 5.53. The van der Waals surface area contributed by atoms with Crippen LogP contribution in [0.15, 0.2) is 30.3 Å². The summed E-state index contributed by atoms with van der Waals surface area (Å²) in [4.78, 5) is 27.1. The van der Waals surface area contributed by atoms with Crippen LogP contribution in [0.25, 0.3) is 6.08 Å². The highest BCUT2D eigenvalue weighted by Gasteiger charge is 2.18. The van der Waals surface area contributed by atoms with Gasteiger partial charge in [0.2, 0.25) is 11.8 Å². The van der Waals surface area contributed by atoms with Crippen molar-refractivity contribution in [3.63, 3.8) is 0 Å². The Morgan fingerprint density at radius 3 is 2.83 bits per heavy atom. The van der Waals surface area contributed by atoms with Crippen molar-refractivity contribution in [3.05, 3.63) is 35.9 Å². The normalized spacial score (nSPS) is 16.3. The summed E-state index contributed by atoms with van der Waals surface area (Å²) < 4.78 is 5.17. The highest BCUT2D eigenvalue weighted by atomic mass is 16.5. The fraction of sp³-hybridized carbons (Fsp3) is 0.412. The number of nitrogens with zero attached hydrogens (tertiary/aromatic N) is 2. The first kappa shape index (κ1) is 17.0. The molecule has 1 saturated heterocycles. The standard InChI is InChI=1S/C17H23N3O3/c1-23-15-5-2-4-14(12-15)6-7-17(22)20-9-3-8-19(10-11-20)13-16(18)21/h2,4-7,12H,3,8-11,13H2,1H3,(H2,18,21). The van der Waals surface area contributed by atoms with E-state index in [9.17, 15) is 9.59 Å². The maximum Gasteiger partial charge on any atom is 0.246 e. The van der Waals surface area contributed by atoms with Crippen LogP contribution in [0.4, 0.5) is 0 Å². The third kappa shape index (κ3) is 5.41. The fourth-order valence-electron chi connectivity index (χ4n) is 2.59. The average molecular weight is 317 g/mol. The molecule has 1 aliphatic heterocycles. The monoisotopic (exact) mass is 317 g/mol. The van der Waals surface area contributed by atoms with Gasteiger partial charge >= 0.3 is 0 Å². The fourth-order valence-corrected chi connectivity index (χ4v) is 2.59. The van der Waals surface area contributed by atoms with Gasteiger partial charge in [0.1, 0.15) is 5.75 Å². The number of ether oxygens (including phenoxy) is 1. The van der Waals surface area contributed by atoms with Crippen LogP contribution in [0.3, 0.4) is 0 Å². The zero-order valence-corrected chi connectivity index (χ0v) is 13.4. The molecule has 1 aromatic rings. The first-order chi connectivity index (χ1) is 11.1. The first-order valence-electron chi connectivity index (χ1n) is 7.70. The van der Waals surface area contributed by atoms with Crippen molar-refractivity contribution < 1.29 is 14.3 Å². The van der Waals surface area contributed by atoms with E-state index in [0.29, 0.717) is 19.6 Å². The average Bonchev–Trinajstić information content (AvgIpc) is 2.78. The molecule has 2 rings (SSSR count). The molecule has 1 heterocycles. The number of carbonyl (C=O) groups excluding carboxylic acids is 2. The number of carbonyl (C=O) groups is 2. The van der Waals surface area contributed by atoms with Crippen LogP contribution in [0, 0.1) is 0 Å². The zero-order valence-electron chi connectivity index (χ0n) is 13.4. The lowest BCUT2D eigenvalue weighted by atomic mass is 10.2. The molecular formula is C17H23N3O3. The summed E-state index contributed by atoms with van der Waals surface area (Å²) in [6.07, 6.45) is 4.21. The van der Waals surface area contributed by atoms with Crippen molar-refractivity contribution in [1.29, 1.82) is 0 Å². The minimum Gasteiger partial charge on any atom is -0.497 e. The summed E-state index contributed by atoms with van der Waals surface area (Å²) >= 11 is 0. The van der Waals surface area contributed by atoms with E-state index in [1.54, 1.807) is 24.2 Å². The molecule has 0 spiro atoms. The third-order valence-corrected chi connectivity index (χ3v) is 3.79. The van der Waals surface area contributed by atoms with Crippen LogP contribution in [0.1, 0.15) is 12.0 Å². The molecule has 6 heteroatoms. The zero-order chi connectivity index (χ0) is 16.7. The molecule has 0 radical (unpaired) electrons. The molecule has 124 valence electrons. The predicted octanol–water partition coefficient (Wildman–Crippen LogP) is 0.728. The molecule has 1 aliphatic rings. The van der Waals surface area contributed by atoms with E-state index in [-0.39, 0.29) is 18.4 Å². The smallest absolute Gasteiger partial charge is 0.246 e. The summed E-state index contributed by atoms with van der Waals surface area (Å²) in [5, 5.41) is 0. The molecule has 1 aromatic carbocycles. The number of nitrogens with two attached hydrogens (primary N) is 1. The van der Waals surface area contributed by atoms with Gasteiger partial charge in [0.05, 0.1) is 13.7 Å². The third-order valence-electron chi connectivity index (χ3n) is 3.79. The van der Waals surface area contributed by atoms with Crippen molar-refractivity contribution in [2.24, 2.45) is 5.73 Å². The second kappa shape index (κ2) is 8.33. The van der Waals surface area contributed by atoms with Crippen molar-refractivity contribution in [3.8, 4) is 5.75 Å². The second-order valence-electron chi connectivity index (χ2n) is 5.53. The molecule has 1 fully saturated rings. The number of hydrogen-bond donors (Lipinski definition) is 1. The quantitative estimate of drug-likeness (QED) is 0.812. The number of methoxy groups -OCH3 is 1. The number of rotatable bonds is 5. The Balaban J connectivity index is 1.92. The van der Waals surface area contributed by atoms with Crippen LogP contribution in [0.2, 0.25) is 0 Å². The van der Waals surface area contributed by atoms with Gasteiger partial charge in [-0.1, -0.05) is 12.1 Å². The number of primary amides is 1. The first-order valence-corrected chi connectivity index (χ1v) is 7.70. The van der Waals surface area contributed by atoms with Gasteiger partial charge in [-0.25, -0.2) is 0 Å². The summed E-state index contributed by atoms with van der Waals surface area (Å²) in [7, 11) is 1.61. The van der Waals surface area contributed by atoms with Crippen LogP contribution in [-0.2, 0) is 9.59 Å². The molecule has 0 aliphatic carbocycles. The summed E-state index contributed by atoms with van der Waals surface area (Å²) in [6, 6.07) is 7.54. The van der Waals surface area contributed by atoms with E-state index in [1.165, 1.54) is 0 Å². The Kier molecular flexibility index (Phi) is 6.17. The molecule has 2 amide bonds. The molecular weight excluding hydrogens is 294 g/mol. The van der Waals surface area contributed by atoms with E-state index in [0.717, 1.165) is 24.3 Å². The SMILES string of the molecule is COc1cccc(C=CC(=O)N2CCCN(CC(N)=O)CC2)c1. The van der Waals surface area contributed by atoms with Gasteiger partial charge in [-0.3, -0.25) is 14.5 Å². The van der Waals surface area contributed by atoms with Crippen molar-refractivity contribution in [2.75, 3.05) is 39.8 Å². The lowest BCUT2D eigenvalue weighted by Crippen LogP contribution is -2.37. The van der Waals surface area contributed by atoms with Crippen molar-refractivity contribution >= 4 is 17.9 Å². The van der Waals surface area contributed by atoms with Crippen LogP contribution in [0.5, 0.6) is 5.75 Å². The predicted molar refractivity (Wildman–Crippen MR) is 88.9 cm³/mol. The minimum absolute atomic E-state index is 0.0197. The lowest BCUT2D eigenvalue weighted by molar-refractivity contribution is -0.125. The maximum absolute atomic E-state index is 12.3. The number of amides is 2. The van der Waals surface area contributed by atoms with Crippen molar-refractivity contribution in [2.45, 2.75) is 6.42 Å². The van der Waals surface area contributed by atoms with Crippen molar-refractivity contribution in [1.82, 2.24) is 9.80 Å². The van der Waals surface area contributed by atoms with Crippen LogP contribution < -0.4 is 10.5 Å². The Morgan fingerprint density at radius 1 is 1.26 bits per heavy atom. The Labute approximate surface area is 136 Å². The van der Waals surface area contributed by atoms with E-state index in [4.69, 9.17) is 10.5 Å². The largest absolute Gasteiger partial charge is 0.497 e. The molecule has 6 nitrogen and oxygen atoms in total. The summed E-state index contributed by atoms with van der Waals surface area (Å²) in [5.74, 6) is 0.410. The van der Waals surface area contributed by atoms with E-state index in [1.807, 2.05) is 29.2 Å². The van der Waals surface area contributed by atoms with Gasteiger partial charge in [0, 0.05) is 32.3 Å². The molecule has 0 saturated carbocycles. The highest BCUT2D eigenvalue weighted by molar-refractivity contribution is 5.91. The van der Waals surface area contributed by atoms with E-state index < -0.39 is 0 Å². The van der Waals surface area contributed by atoms with E-state index in [2.05, 4.69) is 0 Å². The van der Waals surface area contributed by atoms with Gasteiger partial charge in [-0.2, -0.15) is 0 Å². The minimum atomic E-state index is -0.331. The van der Waals surface area contributed by atoms with Gasteiger partial charge in [-0.15, -0.1) is 0 Å². The summed E-state index contributed by atoms with van der Waals surface area (Å²) in [6.45, 7) is 3.00. The molecule has 0 atom stereocenters. The Morgan fingerprint density at radius 2 is 2.09 bits per heavy atom. The molecule has 2 N–H and O–H groups in total. The maximum atomic E-state index is 12.3. The van der Waals surface area contributed by atoms with Crippen LogP contribution in [-0.4, -0.2) is 61.4 Å². The Bertz CT molecular complexity index is 586. The molecule has 23 heavy (non-hydrogen) atoms. The highest BCUT2D eigenvalue weighted by Crippen LogP contribution is 2.14. The van der Waals surface area contributed by atoms with Gasteiger partial charge in [0.25, 0.3) is 0 Å². The van der Waals surface area contributed by atoms with Gasteiger partial charge in [-0.05, 0) is 30.2 Å². The summed E-state index contributed by atoms with van der Waals surface area (Å²) in [5.41, 5.74) is 6.14. The number of hydrogen-bond acceptors (Lipinski definition) is 4. The van der Waals surface area contributed by atoms with E-state index >= 15 is 0 Å². The van der Waals surface area contributed by atoms with Gasteiger partial charge < -0.3 is 15.4 Å². The van der Waals surface area contributed by atoms with Crippen LogP contribution >= 0.6 is 0 Å². The topological polar surface area (TPSA) is 75.9 Å². The molecule has 0 unspecified atom stereocenters. The lowest BCUT2D eigenvalue weighted by Gasteiger charge is -2.19.